The van der Waals surface area contributed by atoms with E-state index in [0.717, 1.165) is 12.2 Å². The van der Waals surface area contributed by atoms with Crippen molar-refractivity contribution >= 4 is 23.9 Å². The van der Waals surface area contributed by atoms with Gasteiger partial charge in [0.1, 0.15) is 25.4 Å². The van der Waals surface area contributed by atoms with E-state index in [1.807, 2.05) is 0 Å². The summed E-state index contributed by atoms with van der Waals surface area (Å²) in [5.41, 5.74) is 0.407. The van der Waals surface area contributed by atoms with E-state index in [1.165, 1.54) is 0 Å². The van der Waals surface area contributed by atoms with Crippen LogP contribution < -0.4 is 0 Å². The van der Waals surface area contributed by atoms with E-state index in [9.17, 15) is 19.2 Å². The number of carbonyl (C=O) groups excluding carboxylic acids is 2. The molecule has 10 heteroatoms. The van der Waals surface area contributed by atoms with Crippen LogP contribution in [0.15, 0.2) is 49.6 Å². The van der Waals surface area contributed by atoms with Crippen molar-refractivity contribution in [2.45, 2.75) is 12.2 Å². The second-order valence-electron chi connectivity index (χ2n) is 5.74. The fourth-order valence-corrected chi connectivity index (χ4v) is 1.66. The largest absolute Gasteiger partial charge is 0.478 e. The van der Waals surface area contributed by atoms with Gasteiger partial charge in [-0.05, 0) is 12.1 Å². The first-order chi connectivity index (χ1) is 14.3. The molecule has 2 aliphatic rings. The van der Waals surface area contributed by atoms with Crippen LogP contribution >= 0.6 is 0 Å². The van der Waals surface area contributed by atoms with Crippen molar-refractivity contribution in [2.75, 3.05) is 26.4 Å². The Morgan fingerprint density at radius 3 is 1.40 bits per heavy atom. The van der Waals surface area contributed by atoms with Crippen LogP contribution in [0.25, 0.3) is 0 Å². The van der Waals surface area contributed by atoms with Crippen LogP contribution in [-0.2, 0) is 28.5 Å². The maximum Gasteiger partial charge on any atom is 0.339 e. The number of rotatable bonds is 8. The molecule has 2 heterocycles. The molecular formula is C20H22O10. The highest BCUT2D eigenvalue weighted by atomic mass is 16.6. The van der Waals surface area contributed by atoms with Crippen LogP contribution in [0.5, 0.6) is 0 Å². The molecule has 0 aromatic heterocycles. The molecule has 30 heavy (non-hydrogen) atoms. The SMILES string of the molecule is C=CC(=O)O.C=CC(=O)O.O=C(OCC1CO1)c1ccccc1C(=O)OCC1CO1. The number of carboxylic acids is 2. The summed E-state index contributed by atoms with van der Waals surface area (Å²) in [6.45, 7) is 7.55. The molecule has 1 aromatic carbocycles. The molecule has 1 aromatic rings. The van der Waals surface area contributed by atoms with Gasteiger partial charge >= 0.3 is 23.9 Å². The van der Waals surface area contributed by atoms with Gasteiger partial charge in [0.25, 0.3) is 0 Å². The maximum atomic E-state index is 11.9. The Hall–Kier alpha value is -3.50. The van der Waals surface area contributed by atoms with Crippen molar-refractivity contribution in [3.05, 3.63) is 60.7 Å². The van der Waals surface area contributed by atoms with Gasteiger partial charge in [-0.25, -0.2) is 19.2 Å². The Kier molecular flexibility index (Phi) is 10.5. The van der Waals surface area contributed by atoms with Crippen molar-refractivity contribution in [1.29, 1.82) is 0 Å². The molecule has 2 saturated heterocycles. The van der Waals surface area contributed by atoms with Gasteiger partial charge in [-0.3, -0.25) is 0 Å². The molecule has 2 fully saturated rings. The summed E-state index contributed by atoms with van der Waals surface area (Å²) in [4.78, 5) is 42.4. The van der Waals surface area contributed by atoms with Crippen molar-refractivity contribution in [1.82, 2.24) is 0 Å². The van der Waals surface area contributed by atoms with Crippen LogP contribution in [-0.4, -0.2) is 72.7 Å². The third-order valence-electron chi connectivity index (χ3n) is 3.32. The lowest BCUT2D eigenvalue weighted by atomic mass is 10.1. The molecular weight excluding hydrogens is 400 g/mol. The molecule has 2 unspecified atom stereocenters. The predicted molar refractivity (Wildman–Crippen MR) is 102 cm³/mol. The number of epoxide rings is 2. The van der Waals surface area contributed by atoms with E-state index < -0.39 is 23.9 Å². The van der Waals surface area contributed by atoms with Crippen molar-refractivity contribution in [3.8, 4) is 0 Å². The van der Waals surface area contributed by atoms with Crippen LogP contribution in [0.1, 0.15) is 20.7 Å². The summed E-state index contributed by atoms with van der Waals surface area (Å²) in [6.07, 6.45) is 1.65. The average Bonchev–Trinajstić information content (AvgIpc) is 3.65. The van der Waals surface area contributed by atoms with Gasteiger partial charge in [0.2, 0.25) is 0 Å². The number of ether oxygens (including phenoxy) is 4. The van der Waals surface area contributed by atoms with Gasteiger partial charge < -0.3 is 29.2 Å². The van der Waals surface area contributed by atoms with E-state index in [-0.39, 0.29) is 36.5 Å². The van der Waals surface area contributed by atoms with Gasteiger partial charge in [0, 0.05) is 12.2 Å². The van der Waals surface area contributed by atoms with E-state index in [1.54, 1.807) is 24.3 Å². The molecule has 162 valence electrons. The number of esters is 2. The number of carboxylic acid groups (broad SMARTS) is 2. The Morgan fingerprint density at radius 1 is 0.867 bits per heavy atom. The topological polar surface area (TPSA) is 152 Å². The van der Waals surface area contributed by atoms with E-state index >= 15 is 0 Å². The van der Waals surface area contributed by atoms with Crippen molar-refractivity contribution in [3.63, 3.8) is 0 Å². The van der Waals surface area contributed by atoms with Gasteiger partial charge in [-0.2, -0.15) is 0 Å². The molecule has 0 amide bonds. The summed E-state index contributed by atoms with van der Waals surface area (Å²) < 4.78 is 20.1. The third-order valence-corrected chi connectivity index (χ3v) is 3.32. The van der Waals surface area contributed by atoms with Crippen LogP contribution in [0.4, 0.5) is 0 Å². The average molecular weight is 422 g/mol. The summed E-state index contributed by atoms with van der Waals surface area (Å²) in [5, 5.41) is 15.2. The standard InChI is InChI=1S/C14H14O6.2C3H4O2/c15-13(19-7-9-5-17-9)11-3-1-2-4-12(11)14(16)20-8-10-6-18-10;2*1-2-3(4)5/h1-4,9-10H,5-8H2;2*2H,1H2,(H,4,5). The fourth-order valence-electron chi connectivity index (χ4n) is 1.66. The molecule has 0 saturated carbocycles. The lowest BCUT2D eigenvalue weighted by molar-refractivity contribution is -0.132. The second-order valence-corrected chi connectivity index (χ2v) is 5.74. The Balaban J connectivity index is 0.000000378. The summed E-state index contributed by atoms with van der Waals surface area (Å²) in [5.74, 6) is -3.05. The number of benzene rings is 1. The third kappa shape index (κ3) is 10.7. The minimum atomic E-state index is -0.981. The van der Waals surface area contributed by atoms with E-state index in [4.69, 9.17) is 29.2 Å². The molecule has 2 N–H and O–H groups in total. The Labute approximate surface area is 172 Å². The molecule has 2 aliphatic heterocycles. The van der Waals surface area contributed by atoms with Crippen LogP contribution in [0.2, 0.25) is 0 Å². The van der Waals surface area contributed by atoms with E-state index in [0.29, 0.717) is 13.2 Å². The minimum absolute atomic E-state index is 0.00919. The van der Waals surface area contributed by atoms with E-state index in [2.05, 4.69) is 13.2 Å². The quantitative estimate of drug-likeness (QED) is 0.356. The molecule has 3 rings (SSSR count). The number of carbonyl (C=O) groups is 4. The fraction of sp³-hybridized carbons (Fsp3) is 0.300. The zero-order chi connectivity index (χ0) is 22.5. The van der Waals surface area contributed by atoms with Gasteiger partial charge in [0.15, 0.2) is 0 Å². The maximum absolute atomic E-state index is 11.9. The number of hydrogen-bond acceptors (Lipinski definition) is 8. The Morgan fingerprint density at radius 2 is 1.17 bits per heavy atom. The number of hydrogen-bond donors (Lipinski definition) is 2. The summed E-state index contributed by atoms with van der Waals surface area (Å²) in [6, 6.07) is 6.43. The first kappa shape index (κ1) is 24.5. The van der Waals surface area contributed by atoms with Crippen molar-refractivity contribution in [2.24, 2.45) is 0 Å². The zero-order valence-corrected chi connectivity index (χ0v) is 16.0. The second kappa shape index (κ2) is 12.9. The first-order valence-electron chi connectivity index (χ1n) is 8.65. The lowest BCUT2D eigenvalue weighted by Crippen LogP contribution is -2.17. The molecule has 0 aliphatic carbocycles. The van der Waals surface area contributed by atoms with Gasteiger partial charge in [0.05, 0.1) is 24.3 Å². The highest BCUT2D eigenvalue weighted by Gasteiger charge is 2.28. The summed E-state index contributed by atoms with van der Waals surface area (Å²) >= 11 is 0. The first-order valence-corrected chi connectivity index (χ1v) is 8.65. The molecule has 0 radical (unpaired) electrons. The molecule has 0 bridgehead atoms. The predicted octanol–water partition coefficient (Wildman–Crippen LogP) is 1.31. The van der Waals surface area contributed by atoms with Gasteiger partial charge in [-0.15, -0.1) is 0 Å². The Bertz CT molecular complexity index is 713. The van der Waals surface area contributed by atoms with Gasteiger partial charge in [-0.1, -0.05) is 25.3 Å². The van der Waals surface area contributed by atoms with Crippen molar-refractivity contribution < 1.29 is 48.3 Å². The molecule has 0 spiro atoms. The van der Waals surface area contributed by atoms with Crippen LogP contribution in [0.3, 0.4) is 0 Å². The summed E-state index contributed by atoms with van der Waals surface area (Å²) in [7, 11) is 0. The number of aliphatic carboxylic acids is 2. The normalized spacial score (nSPS) is 17.5. The molecule has 2 atom stereocenters. The lowest BCUT2D eigenvalue weighted by Gasteiger charge is -2.08. The monoisotopic (exact) mass is 422 g/mol. The highest BCUT2D eigenvalue weighted by Crippen LogP contribution is 2.16. The van der Waals surface area contributed by atoms with Crippen LogP contribution in [0, 0.1) is 0 Å². The highest BCUT2D eigenvalue weighted by molar-refractivity contribution is 6.03. The minimum Gasteiger partial charge on any atom is -0.478 e. The smallest absolute Gasteiger partial charge is 0.339 e. The zero-order valence-electron chi connectivity index (χ0n) is 16.0. The molecule has 10 nitrogen and oxygen atoms in total.